The van der Waals surface area contributed by atoms with Gasteiger partial charge in [-0.2, -0.15) is 0 Å². The quantitative estimate of drug-likeness (QED) is 0.589. The van der Waals surface area contributed by atoms with Crippen LogP contribution in [0.1, 0.15) is 6.42 Å². The van der Waals surface area contributed by atoms with E-state index in [1.54, 1.807) is 11.0 Å². The molecule has 3 rings (SSSR count). The van der Waals surface area contributed by atoms with Crippen molar-refractivity contribution in [3.8, 4) is 5.75 Å². The molecule has 1 saturated heterocycles. The van der Waals surface area contributed by atoms with Crippen LogP contribution in [0.5, 0.6) is 5.75 Å². The largest absolute Gasteiger partial charge is 0.481 e. The molecule has 2 heterocycles. The van der Waals surface area contributed by atoms with Crippen molar-refractivity contribution in [1.82, 2.24) is 9.80 Å². The van der Waals surface area contributed by atoms with E-state index in [1.807, 2.05) is 0 Å². The molecule has 0 aromatic heterocycles. The maximum atomic E-state index is 12.1. The van der Waals surface area contributed by atoms with Crippen LogP contribution in [-0.4, -0.2) is 73.6 Å². The van der Waals surface area contributed by atoms with E-state index < -0.39 is 4.92 Å². The molecule has 2 aliphatic heterocycles. The minimum absolute atomic E-state index is 0.0273. The molecule has 0 N–H and O–H groups in total. The van der Waals surface area contributed by atoms with Gasteiger partial charge < -0.3 is 19.4 Å². The number of ether oxygens (including phenoxy) is 1. The zero-order valence-corrected chi connectivity index (χ0v) is 13.8. The van der Waals surface area contributed by atoms with Crippen molar-refractivity contribution in [3.63, 3.8) is 0 Å². The molecule has 1 fully saturated rings. The monoisotopic (exact) mass is 334 g/mol. The molecule has 0 unspecified atom stereocenters. The van der Waals surface area contributed by atoms with Gasteiger partial charge in [0.25, 0.3) is 11.6 Å². The summed E-state index contributed by atoms with van der Waals surface area (Å²) in [5.74, 6) is 0.304. The third-order valence-electron chi connectivity index (χ3n) is 4.55. The number of piperazine rings is 1. The Hall–Kier alpha value is -2.19. The van der Waals surface area contributed by atoms with Crippen LogP contribution < -0.4 is 9.64 Å². The summed E-state index contributed by atoms with van der Waals surface area (Å²) in [4.78, 5) is 28.9. The molecule has 1 aromatic carbocycles. The molecule has 1 aromatic rings. The van der Waals surface area contributed by atoms with Gasteiger partial charge in [-0.25, -0.2) is 0 Å². The van der Waals surface area contributed by atoms with Crippen molar-refractivity contribution >= 4 is 17.3 Å². The first-order valence-electron chi connectivity index (χ1n) is 8.17. The second-order valence-electron chi connectivity index (χ2n) is 6.24. The molecule has 2 aliphatic rings. The van der Waals surface area contributed by atoms with E-state index in [0.717, 1.165) is 39.1 Å². The van der Waals surface area contributed by atoms with Crippen LogP contribution >= 0.6 is 0 Å². The normalized spacial score (nSPS) is 19.0. The second kappa shape index (κ2) is 7.14. The third-order valence-corrected chi connectivity index (χ3v) is 4.55. The number of likely N-dealkylation sites (N-methyl/N-ethyl adjacent to an activating group) is 1. The summed E-state index contributed by atoms with van der Waals surface area (Å²) in [5.41, 5.74) is 0.593. The van der Waals surface area contributed by atoms with E-state index in [-0.39, 0.29) is 18.2 Å². The molecule has 0 bridgehead atoms. The van der Waals surface area contributed by atoms with E-state index in [0.29, 0.717) is 18.0 Å². The number of anilines is 1. The molecule has 1 amide bonds. The topological polar surface area (TPSA) is 79.2 Å². The number of nitro benzene ring substituents is 1. The Kier molecular flexibility index (Phi) is 4.96. The van der Waals surface area contributed by atoms with E-state index in [9.17, 15) is 14.9 Å². The SMILES string of the molecule is CN1CCN(CCCN2C(=O)COc3cc([N+](=O)[O-])ccc32)CC1. The summed E-state index contributed by atoms with van der Waals surface area (Å²) < 4.78 is 5.35. The van der Waals surface area contributed by atoms with Crippen molar-refractivity contribution < 1.29 is 14.5 Å². The molecule has 0 aliphatic carbocycles. The fraction of sp³-hybridized carbons (Fsp3) is 0.562. The minimum Gasteiger partial charge on any atom is -0.481 e. The molecule has 0 spiro atoms. The summed E-state index contributed by atoms with van der Waals surface area (Å²) in [5, 5.41) is 10.9. The van der Waals surface area contributed by atoms with Gasteiger partial charge in [-0.1, -0.05) is 0 Å². The Morgan fingerprint density at radius 2 is 1.96 bits per heavy atom. The summed E-state index contributed by atoms with van der Waals surface area (Å²) in [6, 6.07) is 4.39. The number of nitro groups is 1. The first-order chi connectivity index (χ1) is 11.5. The maximum Gasteiger partial charge on any atom is 0.273 e. The van der Waals surface area contributed by atoms with Crippen LogP contribution in [0.25, 0.3) is 0 Å². The number of rotatable bonds is 5. The summed E-state index contributed by atoms with van der Waals surface area (Å²) in [6.45, 7) is 5.72. The molecule has 24 heavy (non-hydrogen) atoms. The minimum atomic E-state index is -0.461. The smallest absolute Gasteiger partial charge is 0.273 e. The average Bonchev–Trinajstić information content (AvgIpc) is 2.58. The lowest BCUT2D eigenvalue weighted by Gasteiger charge is -2.33. The third kappa shape index (κ3) is 3.65. The van der Waals surface area contributed by atoms with Crippen molar-refractivity contribution in [2.75, 3.05) is 57.8 Å². The average molecular weight is 334 g/mol. The van der Waals surface area contributed by atoms with Crippen LogP contribution in [0.3, 0.4) is 0 Å². The van der Waals surface area contributed by atoms with Crippen molar-refractivity contribution in [3.05, 3.63) is 28.3 Å². The Morgan fingerprint density at radius 1 is 1.21 bits per heavy atom. The van der Waals surface area contributed by atoms with Gasteiger partial charge in [0.2, 0.25) is 0 Å². The standard InChI is InChI=1S/C16H22N4O4/c1-17-7-9-18(10-8-17)5-2-6-19-14-4-3-13(20(22)23)11-15(14)24-12-16(19)21/h3-4,11H,2,5-10,12H2,1H3. The van der Waals surface area contributed by atoms with E-state index in [2.05, 4.69) is 16.8 Å². The van der Waals surface area contributed by atoms with Gasteiger partial charge in [0.15, 0.2) is 12.4 Å². The Labute approximate surface area is 140 Å². The van der Waals surface area contributed by atoms with Gasteiger partial charge in [0.05, 0.1) is 16.7 Å². The van der Waals surface area contributed by atoms with Crippen LogP contribution in [0.2, 0.25) is 0 Å². The summed E-state index contributed by atoms with van der Waals surface area (Å²) >= 11 is 0. The van der Waals surface area contributed by atoms with Gasteiger partial charge in [0.1, 0.15) is 0 Å². The molecular weight excluding hydrogens is 312 g/mol. The lowest BCUT2D eigenvalue weighted by Crippen LogP contribution is -2.46. The molecule has 130 valence electrons. The Bertz CT molecular complexity index is 629. The molecule has 0 atom stereocenters. The van der Waals surface area contributed by atoms with Crippen LogP contribution in [0.15, 0.2) is 18.2 Å². The predicted octanol–water partition coefficient (Wildman–Crippen LogP) is 0.958. The fourth-order valence-corrected chi connectivity index (χ4v) is 3.08. The molecule has 8 heteroatoms. The lowest BCUT2D eigenvalue weighted by atomic mass is 10.2. The van der Waals surface area contributed by atoms with Crippen molar-refractivity contribution in [2.45, 2.75) is 6.42 Å². The number of carbonyl (C=O) groups excluding carboxylic acids is 1. The maximum absolute atomic E-state index is 12.1. The summed E-state index contributed by atoms with van der Waals surface area (Å²) in [7, 11) is 2.12. The predicted molar refractivity (Wildman–Crippen MR) is 89.5 cm³/mol. The van der Waals surface area contributed by atoms with Crippen LogP contribution in [-0.2, 0) is 4.79 Å². The Balaban J connectivity index is 1.61. The molecule has 0 radical (unpaired) electrons. The van der Waals surface area contributed by atoms with Crippen molar-refractivity contribution in [1.29, 1.82) is 0 Å². The zero-order chi connectivity index (χ0) is 17.1. The highest BCUT2D eigenvalue weighted by atomic mass is 16.6. The highest BCUT2D eigenvalue weighted by Crippen LogP contribution is 2.35. The molecule has 8 nitrogen and oxygen atoms in total. The number of hydrogen-bond donors (Lipinski definition) is 0. The Morgan fingerprint density at radius 3 is 2.67 bits per heavy atom. The number of fused-ring (bicyclic) bond motifs is 1. The van der Waals surface area contributed by atoms with Crippen LogP contribution in [0.4, 0.5) is 11.4 Å². The van der Waals surface area contributed by atoms with Gasteiger partial charge in [0, 0.05) is 38.8 Å². The number of carbonyl (C=O) groups is 1. The number of hydrogen-bond acceptors (Lipinski definition) is 6. The first-order valence-corrected chi connectivity index (χ1v) is 8.17. The van der Waals surface area contributed by atoms with Gasteiger partial charge in [-0.05, 0) is 26.1 Å². The first kappa shape index (κ1) is 16.7. The van der Waals surface area contributed by atoms with Gasteiger partial charge in [-0.15, -0.1) is 0 Å². The van der Waals surface area contributed by atoms with E-state index in [1.165, 1.54) is 12.1 Å². The summed E-state index contributed by atoms with van der Waals surface area (Å²) in [6.07, 6.45) is 0.867. The highest BCUT2D eigenvalue weighted by Gasteiger charge is 2.27. The number of nitrogens with zero attached hydrogens (tertiary/aromatic N) is 4. The number of non-ortho nitro benzene ring substituents is 1. The lowest BCUT2D eigenvalue weighted by molar-refractivity contribution is -0.384. The van der Waals surface area contributed by atoms with Gasteiger partial charge >= 0.3 is 0 Å². The second-order valence-corrected chi connectivity index (χ2v) is 6.24. The van der Waals surface area contributed by atoms with E-state index in [4.69, 9.17) is 4.74 Å². The number of benzene rings is 1. The highest BCUT2D eigenvalue weighted by molar-refractivity contribution is 5.98. The fourth-order valence-electron chi connectivity index (χ4n) is 3.08. The zero-order valence-electron chi connectivity index (χ0n) is 13.8. The van der Waals surface area contributed by atoms with Gasteiger partial charge in [-0.3, -0.25) is 14.9 Å². The van der Waals surface area contributed by atoms with E-state index >= 15 is 0 Å². The molecular formula is C16H22N4O4. The molecule has 0 saturated carbocycles. The van der Waals surface area contributed by atoms with Crippen molar-refractivity contribution in [2.24, 2.45) is 0 Å². The number of amides is 1. The van der Waals surface area contributed by atoms with Crippen LogP contribution in [0, 0.1) is 10.1 Å².